The molecule has 0 radical (unpaired) electrons. The normalized spacial score (nSPS) is 19.9. The predicted octanol–water partition coefficient (Wildman–Crippen LogP) is 3.79. The Balaban J connectivity index is 2.01. The van der Waals surface area contributed by atoms with E-state index >= 15 is 0 Å². The lowest BCUT2D eigenvalue weighted by Crippen LogP contribution is -2.24. The summed E-state index contributed by atoms with van der Waals surface area (Å²) in [5.74, 6) is -3.95. The first-order valence-corrected chi connectivity index (χ1v) is 9.00. The van der Waals surface area contributed by atoms with Crippen LogP contribution in [0.4, 0.5) is 13.2 Å². The zero-order chi connectivity index (χ0) is 21.2. The predicted molar refractivity (Wildman–Crippen MR) is 98.4 cm³/mol. The highest BCUT2D eigenvalue weighted by Gasteiger charge is 2.43. The lowest BCUT2D eigenvalue weighted by molar-refractivity contribution is -0.141. The Kier molecular flexibility index (Phi) is 5.93. The van der Waals surface area contributed by atoms with Gasteiger partial charge in [-0.2, -0.15) is 13.2 Å². The molecule has 2 unspecified atom stereocenters. The summed E-state index contributed by atoms with van der Waals surface area (Å²) in [5.41, 5.74) is -0.711. The zero-order valence-electron chi connectivity index (χ0n) is 15.6. The van der Waals surface area contributed by atoms with Crippen LogP contribution < -0.4 is 0 Å². The summed E-state index contributed by atoms with van der Waals surface area (Å²) >= 11 is 0. The van der Waals surface area contributed by atoms with Crippen molar-refractivity contribution in [3.05, 3.63) is 70.8 Å². The molecule has 2 aromatic rings. The van der Waals surface area contributed by atoms with E-state index in [1.165, 1.54) is 12.1 Å². The van der Waals surface area contributed by atoms with Crippen molar-refractivity contribution in [1.29, 1.82) is 0 Å². The zero-order valence-corrected chi connectivity index (χ0v) is 15.6. The fourth-order valence-electron chi connectivity index (χ4n) is 3.87. The fraction of sp³-hybridized carbons (Fsp3) is 0.333. The molecule has 0 spiro atoms. The number of carbonyl (C=O) groups is 2. The number of ether oxygens (including phenoxy) is 1. The van der Waals surface area contributed by atoms with Crippen molar-refractivity contribution in [2.45, 2.75) is 18.6 Å². The third-order valence-electron chi connectivity index (χ3n) is 5.15. The molecule has 0 aromatic heterocycles. The van der Waals surface area contributed by atoms with E-state index in [4.69, 9.17) is 0 Å². The number of carboxylic acids is 1. The molecule has 5 nitrogen and oxygen atoms in total. The molecule has 1 saturated heterocycles. The number of hydrogen-bond acceptors (Lipinski definition) is 4. The molecule has 8 heteroatoms. The van der Waals surface area contributed by atoms with Gasteiger partial charge in [-0.1, -0.05) is 42.5 Å². The Hall–Kier alpha value is -2.87. The monoisotopic (exact) mass is 407 g/mol. The van der Waals surface area contributed by atoms with E-state index in [0.29, 0.717) is 6.54 Å². The molecule has 1 aliphatic heterocycles. The number of methoxy groups -OCH3 is 1. The van der Waals surface area contributed by atoms with Crippen molar-refractivity contribution in [2.75, 3.05) is 20.2 Å². The first kappa shape index (κ1) is 20.9. The van der Waals surface area contributed by atoms with E-state index in [1.54, 1.807) is 0 Å². The van der Waals surface area contributed by atoms with Crippen LogP contribution >= 0.6 is 0 Å². The summed E-state index contributed by atoms with van der Waals surface area (Å²) in [6.07, 6.45) is -4.76. The van der Waals surface area contributed by atoms with E-state index in [2.05, 4.69) is 4.74 Å². The third kappa shape index (κ3) is 4.42. The molecular weight excluding hydrogens is 387 g/mol. The van der Waals surface area contributed by atoms with Crippen LogP contribution in [0.1, 0.15) is 33.0 Å². The molecule has 0 amide bonds. The van der Waals surface area contributed by atoms with Crippen molar-refractivity contribution in [3.8, 4) is 0 Å². The number of esters is 1. The van der Waals surface area contributed by atoms with Gasteiger partial charge in [0.05, 0.1) is 24.2 Å². The first-order valence-electron chi connectivity index (χ1n) is 9.00. The number of benzene rings is 2. The van der Waals surface area contributed by atoms with Gasteiger partial charge in [-0.05, 0) is 17.2 Å². The minimum atomic E-state index is -4.76. The second-order valence-electron chi connectivity index (χ2n) is 6.99. The number of aliphatic carboxylic acids is 1. The number of carboxylic acid groups (broad SMARTS) is 1. The first-order chi connectivity index (χ1) is 13.7. The molecule has 1 fully saturated rings. The van der Waals surface area contributed by atoms with Gasteiger partial charge in [0, 0.05) is 25.6 Å². The van der Waals surface area contributed by atoms with Gasteiger partial charge in [-0.25, -0.2) is 4.79 Å². The van der Waals surface area contributed by atoms with Crippen molar-refractivity contribution in [3.63, 3.8) is 0 Å². The van der Waals surface area contributed by atoms with Crippen LogP contribution in [0.2, 0.25) is 0 Å². The highest BCUT2D eigenvalue weighted by atomic mass is 19.4. The Labute approximate surface area is 165 Å². The van der Waals surface area contributed by atoms with Crippen molar-refractivity contribution in [1.82, 2.24) is 4.90 Å². The largest absolute Gasteiger partial charge is 0.481 e. The molecule has 1 aliphatic rings. The Morgan fingerprint density at radius 3 is 2.38 bits per heavy atom. The number of likely N-dealkylation sites (tertiary alicyclic amines) is 1. The van der Waals surface area contributed by atoms with Gasteiger partial charge in [0.1, 0.15) is 0 Å². The lowest BCUT2D eigenvalue weighted by atomic mass is 9.84. The van der Waals surface area contributed by atoms with Crippen LogP contribution in [0.15, 0.2) is 48.5 Å². The van der Waals surface area contributed by atoms with Gasteiger partial charge in [0.2, 0.25) is 0 Å². The summed E-state index contributed by atoms with van der Waals surface area (Å²) < 4.78 is 45.1. The number of carbonyl (C=O) groups excluding carboxylic acids is 1. The Morgan fingerprint density at radius 2 is 1.79 bits per heavy atom. The number of nitrogens with zero attached hydrogens (tertiary/aromatic N) is 1. The number of rotatable bonds is 5. The van der Waals surface area contributed by atoms with Crippen LogP contribution in [-0.4, -0.2) is 42.1 Å². The summed E-state index contributed by atoms with van der Waals surface area (Å²) in [4.78, 5) is 26.0. The molecule has 0 saturated carbocycles. The van der Waals surface area contributed by atoms with Crippen LogP contribution in [0.3, 0.4) is 0 Å². The average molecular weight is 407 g/mol. The molecule has 1 heterocycles. The van der Waals surface area contributed by atoms with E-state index in [9.17, 15) is 27.9 Å². The standard InChI is InChI=1S/C21H20F3NO4/c1-29-20(28)18-14(8-5-9-17(18)21(22,23)24)15-11-25(12-16(15)19(26)27)10-13-6-3-2-4-7-13/h2-9,15-16H,10-12H2,1H3,(H,26,27). The van der Waals surface area contributed by atoms with Gasteiger partial charge in [0.15, 0.2) is 0 Å². The molecule has 154 valence electrons. The van der Waals surface area contributed by atoms with E-state index in [1.807, 2.05) is 35.2 Å². The van der Waals surface area contributed by atoms with Gasteiger partial charge < -0.3 is 9.84 Å². The molecule has 0 aliphatic carbocycles. The molecule has 2 atom stereocenters. The maximum absolute atomic E-state index is 13.5. The molecule has 3 rings (SSSR count). The van der Waals surface area contributed by atoms with Gasteiger partial charge >= 0.3 is 18.1 Å². The van der Waals surface area contributed by atoms with Gasteiger partial charge in [0.25, 0.3) is 0 Å². The second kappa shape index (κ2) is 8.24. The van der Waals surface area contributed by atoms with E-state index in [0.717, 1.165) is 18.7 Å². The third-order valence-corrected chi connectivity index (χ3v) is 5.15. The van der Waals surface area contributed by atoms with Crippen LogP contribution in [-0.2, 0) is 22.3 Å². The quantitative estimate of drug-likeness (QED) is 0.764. The minimum Gasteiger partial charge on any atom is -0.481 e. The average Bonchev–Trinajstić information content (AvgIpc) is 3.11. The Morgan fingerprint density at radius 1 is 1.10 bits per heavy atom. The van der Waals surface area contributed by atoms with Gasteiger partial charge in [-0.15, -0.1) is 0 Å². The maximum atomic E-state index is 13.5. The molecule has 0 bridgehead atoms. The van der Waals surface area contributed by atoms with Crippen molar-refractivity contribution < 1.29 is 32.6 Å². The van der Waals surface area contributed by atoms with Crippen molar-refractivity contribution >= 4 is 11.9 Å². The number of halogens is 3. The Bertz CT molecular complexity index is 899. The molecular formula is C21H20F3NO4. The van der Waals surface area contributed by atoms with Gasteiger partial charge in [-0.3, -0.25) is 9.69 Å². The topological polar surface area (TPSA) is 66.8 Å². The van der Waals surface area contributed by atoms with Crippen LogP contribution in [0, 0.1) is 5.92 Å². The van der Waals surface area contributed by atoms with E-state index in [-0.39, 0.29) is 18.7 Å². The molecule has 1 N–H and O–H groups in total. The second-order valence-corrected chi connectivity index (χ2v) is 6.99. The summed E-state index contributed by atoms with van der Waals surface area (Å²) in [6, 6.07) is 12.8. The smallest absolute Gasteiger partial charge is 0.417 e. The molecule has 29 heavy (non-hydrogen) atoms. The number of alkyl halides is 3. The maximum Gasteiger partial charge on any atom is 0.417 e. The lowest BCUT2D eigenvalue weighted by Gasteiger charge is -2.21. The number of hydrogen-bond donors (Lipinski definition) is 1. The minimum absolute atomic E-state index is 0.0506. The van der Waals surface area contributed by atoms with Crippen LogP contribution in [0.5, 0.6) is 0 Å². The highest BCUT2D eigenvalue weighted by molar-refractivity contribution is 5.93. The highest BCUT2D eigenvalue weighted by Crippen LogP contribution is 2.40. The summed E-state index contributed by atoms with van der Waals surface area (Å²) in [7, 11) is 1.00. The molecule has 2 aromatic carbocycles. The van der Waals surface area contributed by atoms with E-state index < -0.39 is 41.1 Å². The van der Waals surface area contributed by atoms with Crippen molar-refractivity contribution in [2.24, 2.45) is 5.92 Å². The van der Waals surface area contributed by atoms with Crippen LogP contribution in [0.25, 0.3) is 0 Å². The SMILES string of the molecule is COC(=O)c1c(C2CN(Cc3ccccc3)CC2C(=O)O)cccc1C(F)(F)F. The summed E-state index contributed by atoms with van der Waals surface area (Å²) in [5, 5.41) is 9.68. The summed E-state index contributed by atoms with van der Waals surface area (Å²) in [6.45, 7) is 0.858. The fourth-order valence-corrected chi connectivity index (χ4v) is 3.87.